The molecular weight excluding hydrogens is 308 g/mol. The first kappa shape index (κ1) is 16.6. The van der Waals surface area contributed by atoms with Crippen LogP contribution >= 0.6 is 15.9 Å². The Kier molecular flexibility index (Phi) is 6.99. The summed E-state index contributed by atoms with van der Waals surface area (Å²) < 4.78 is 8.79. The van der Waals surface area contributed by atoms with Gasteiger partial charge in [0.25, 0.3) is 0 Å². The topological polar surface area (TPSA) is 42.3 Å². The molecule has 0 aliphatic rings. The summed E-state index contributed by atoms with van der Waals surface area (Å²) in [6.07, 6.45) is 1.95. The lowest BCUT2D eigenvalue weighted by Gasteiger charge is -2.25. The summed E-state index contributed by atoms with van der Waals surface area (Å²) in [4.78, 5) is 2.15. The van der Waals surface area contributed by atoms with E-state index in [2.05, 4.69) is 52.3 Å². The van der Waals surface area contributed by atoms with Gasteiger partial charge in [-0.2, -0.15) is 5.10 Å². The molecule has 1 N–H and O–H groups in total. The Balaban J connectivity index is 2.92. The third-order valence-corrected chi connectivity index (χ3v) is 3.71. The van der Waals surface area contributed by atoms with Gasteiger partial charge in [-0.25, -0.2) is 0 Å². The van der Waals surface area contributed by atoms with Gasteiger partial charge in [-0.05, 0) is 50.9 Å². The first-order valence-electron chi connectivity index (χ1n) is 6.66. The molecule has 0 aromatic carbocycles. The van der Waals surface area contributed by atoms with Gasteiger partial charge in [0, 0.05) is 13.2 Å². The summed E-state index contributed by atoms with van der Waals surface area (Å²) in [7, 11) is 6.09. The third kappa shape index (κ3) is 4.56. The number of aromatic nitrogens is 2. The van der Waals surface area contributed by atoms with Crippen molar-refractivity contribution in [1.29, 1.82) is 0 Å². The molecule has 1 heterocycles. The van der Waals surface area contributed by atoms with Gasteiger partial charge in [0.05, 0.1) is 35.1 Å². The summed E-state index contributed by atoms with van der Waals surface area (Å²) in [5.74, 6) is 0. The molecule has 0 aliphatic carbocycles. The predicted molar refractivity (Wildman–Crippen MR) is 81.4 cm³/mol. The van der Waals surface area contributed by atoms with Gasteiger partial charge in [0.2, 0.25) is 0 Å². The van der Waals surface area contributed by atoms with E-state index in [4.69, 9.17) is 4.74 Å². The van der Waals surface area contributed by atoms with Crippen LogP contribution in [0.1, 0.15) is 25.6 Å². The number of likely N-dealkylation sites (N-methyl/N-ethyl adjacent to an activating group) is 2. The van der Waals surface area contributed by atoms with Crippen molar-refractivity contribution in [2.75, 3.05) is 34.3 Å². The minimum absolute atomic E-state index is 0.0982. The van der Waals surface area contributed by atoms with Crippen LogP contribution in [0, 0.1) is 0 Å². The van der Waals surface area contributed by atoms with Crippen molar-refractivity contribution in [1.82, 2.24) is 20.0 Å². The molecule has 19 heavy (non-hydrogen) atoms. The lowest BCUT2D eigenvalue weighted by atomic mass is 10.1. The van der Waals surface area contributed by atoms with Gasteiger partial charge in [0.15, 0.2) is 0 Å². The third-order valence-electron chi connectivity index (χ3n) is 3.10. The largest absolute Gasteiger partial charge is 0.377 e. The van der Waals surface area contributed by atoms with Crippen LogP contribution in [0.5, 0.6) is 0 Å². The summed E-state index contributed by atoms with van der Waals surface area (Å²) in [6, 6.07) is 0.124. The quantitative estimate of drug-likeness (QED) is 0.789. The molecule has 0 bridgehead atoms. The van der Waals surface area contributed by atoms with Gasteiger partial charge in [-0.3, -0.25) is 4.68 Å². The second kappa shape index (κ2) is 7.99. The maximum Gasteiger partial charge on any atom is 0.0764 e. The van der Waals surface area contributed by atoms with Crippen molar-refractivity contribution in [3.8, 4) is 0 Å². The number of halogens is 1. The Morgan fingerprint density at radius 2 is 2.21 bits per heavy atom. The van der Waals surface area contributed by atoms with Gasteiger partial charge < -0.3 is 15.0 Å². The van der Waals surface area contributed by atoms with Crippen LogP contribution in [-0.2, 0) is 11.3 Å². The molecule has 110 valence electrons. The molecule has 0 radical (unpaired) electrons. The molecule has 0 amide bonds. The Hall–Kier alpha value is -0.430. The van der Waals surface area contributed by atoms with E-state index in [0.29, 0.717) is 6.61 Å². The maximum absolute atomic E-state index is 5.72. The lowest BCUT2D eigenvalue weighted by Crippen LogP contribution is -2.32. The molecule has 1 aromatic heterocycles. The molecule has 0 fully saturated rings. The minimum atomic E-state index is 0.0982. The molecule has 6 heteroatoms. The highest BCUT2D eigenvalue weighted by molar-refractivity contribution is 9.10. The Bertz CT molecular complexity index is 381. The van der Waals surface area contributed by atoms with E-state index in [-0.39, 0.29) is 12.1 Å². The zero-order valence-electron chi connectivity index (χ0n) is 12.5. The van der Waals surface area contributed by atoms with E-state index in [1.807, 2.05) is 24.9 Å². The predicted octanol–water partition coefficient (Wildman–Crippen LogP) is 1.89. The van der Waals surface area contributed by atoms with Crippen LogP contribution in [0.3, 0.4) is 0 Å². The second-order valence-electron chi connectivity index (χ2n) is 4.83. The fraction of sp³-hybridized carbons (Fsp3) is 0.769. The molecule has 5 nitrogen and oxygen atoms in total. The zero-order valence-corrected chi connectivity index (χ0v) is 14.1. The average Bonchev–Trinajstić information content (AvgIpc) is 2.70. The van der Waals surface area contributed by atoms with Crippen molar-refractivity contribution in [2.24, 2.45) is 0 Å². The van der Waals surface area contributed by atoms with E-state index >= 15 is 0 Å². The van der Waals surface area contributed by atoms with Gasteiger partial charge in [-0.15, -0.1) is 0 Å². The molecule has 2 unspecified atom stereocenters. The van der Waals surface area contributed by atoms with Gasteiger partial charge in [0.1, 0.15) is 0 Å². The smallest absolute Gasteiger partial charge is 0.0764 e. The summed E-state index contributed by atoms with van der Waals surface area (Å²) in [5.41, 5.74) is 1.14. The maximum atomic E-state index is 5.72. The highest BCUT2D eigenvalue weighted by atomic mass is 79.9. The lowest BCUT2D eigenvalue weighted by molar-refractivity contribution is 0.0466. The van der Waals surface area contributed by atoms with Crippen LogP contribution in [0.2, 0.25) is 0 Å². The van der Waals surface area contributed by atoms with Crippen molar-refractivity contribution in [3.63, 3.8) is 0 Å². The fourth-order valence-electron chi connectivity index (χ4n) is 2.11. The number of rotatable bonds is 8. The van der Waals surface area contributed by atoms with Crippen LogP contribution in [-0.4, -0.2) is 55.1 Å². The normalized spacial score (nSPS) is 14.9. The number of hydrogen-bond acceptors (Lipinski definition) is 4. The van der Waals surface area contributed by atoms with Crippen LogP contribution in [0.4, 0.5) is 0 Å². The van der Waals surface area contributed by atoms with E-state index in [9.17, 15) is 0 Å². The van der Waals surface area contributed by atoms with Gasteiger partial charge >= 0.3 is 0 Å². The van der Waals surface area contributed by atoms with Crippen LogP contribution in [0.25, 0.3) is 0 Å². The minimum Gasteiger partial charge on any atom is -0.377 e. The highest BCUT2D eigenvalue weighted by Gasteiger charge is 2.24. The Morgan fingerprint density at radius 1 is 1.53 bits per heavy atom. The standard InChI is InChI=1S/C13H25BrN4O/c1-6-19-10(2)12(15-3)13-11(14)9-16-18(13)8-7-17(4)5/h9-10,12,15H,6-8H2,1-5H3. The number of ether oxygens (including phenoxy) is 1. The molecular formula is C13H25BrN4O. The molecule has 0 saturated heterocycles. The van der Waals surface area contributed by atoms with E-state index < -0.39 is 0 Å². The zero-order chi connectivity index (χ0) is 14.4. The van der Waals surface area contributed by atoms with E-state index in [0.717, 1.165) is 23.3 Å². The van der Waals surface area contributed by atoms with Crippen LogP contribution < -0.4 is 5.32 Å². The van der Waals surface area contributed by atoms with Gasteiger partial charge in [-0.1, -0.05) is 0 Å². The second-order valence-corrected chi connectivity index (χ2v) is 5.69. The molecule has 2 atom stereocenters. The summed E-state index contributed by atoms with van der Waals surface area (Å²) in [6.45, 7) is 6.64. The molecule has 0 aliphatic heterocycles. The summed E-state index contributed by atoms with van der Waals surface area (Å²) in [5, 5.41) is 7.78. The van der Waals surface area contributed by atoms with E-state index in [1.165, 1.54) is 0 Å². The van der Waals surface area contributed by atoms with Crippen molar-refractivity contribution in [2.45, 2.75) is 32.5 Å². The van der Waals surface area contributed by atoms with Crippen molar-refractivity contribution < 1.29 is 4.74 Å². The average molecular weight is 333 g/mol. The first-order valence-corrected chi connectivity index (χ1v) is 7.45. The number of hydrogen-bond donors (Lipinski definition) is 1. The number of nitrogens with one attached hydrogen (secondary N) is 1. The molecule has 1 aromatic rings. The summed E-state index contributed by atoms with van der Waals surface area (Å²) >= 11 is 3.59. The highest BCUT2D eigenvalue weighted by Crippen LogP contribution is 2.26. The molecule has 0 spiro atoms. The van der Waals surface area contributed by atoms with E-state index in [1.54, 1.807) is 0 Å². The number of nitrogens with zero attached hydrogens (tertiary/aromatic N) is 3. The first-order chi connectivity index (χ1) is 9.01. The van der Waals surface area contributed by atoms with Crippen LogP contribution in [0.15, 0.2) is 10.7 Å². The Labute approximate surface area is 124 Å². The molecule has 1 rings (SSSR count). The molecule has 0 saturated carbocycles. The fourth-order valence-corrected chi connectivity index (χ4v) is 2.65. The monoisotopic (exact) mass is 332 g/mol. The van der Waals surface area contributed by atoms with Crippen molar-refractivity contribution >= 4 is 15.9 Å². The van der Waals surface area contributed by atoms with Crippen molar-refractivity contribution in [3.05, 3.63) is 16.4 Å². The SMILES string of the molecule is CCOC(C)C(NC)c1c(Br)cnn1CCN(C)C. The Morgan fingerprint density at radius 3 is 2.74 bits per heavy atom.